The van der Waals surface area contributed by atoms with Gasteiger partial charge in [0.05, 0.1) is 17.0 Å². The number of rotatable bonds is 4. The monoisotopic (exact) mass is 277 g/mol. The molecule has 0 bridgehead atoms. The maximum atomic E-state index is 10.9. The van der Waals surface area contributed by atoms with Gasteiger partial charge in [0, 0.05) is 6.07 Å². The highest BCUT2D eigenvalue weighted by Crippen LogP contribution is 2.18. The molecule has 0 aliphatic carbocycles. The molecule has 5 heteroatoms. The molecule has 5 nitrogen and oxygen atoms in total. The van der Waals surface area contributed by atoms with Crippen LogP contribution in [0.3, 0.4) is 0 Å². The van der Waals surface area contributed by atoms with E-state index in [-0.39, 0.29) is 22.8 Å². The van der Waals surface area contributed by atoms with Crippen LogP contribution in [0.15, 0.2) is 30.3 Å². The second-order valence-electron chi connectivity index (χ2n) is 5.34. The largest absolute Gasteiger partial charge is 0.364 e. The van der Waals surface area contributed by atoms with Crippen LogP contribution >= 0.6 is 0 Å². The van der Waals surface area contributed by atoms with Crippen LogP contribution < -0.4 is 4.90 Å². The van der Waals surface area contributed by atoms with Crippen molar-refractivity contribution in [2.24, 2.45) is 0 Å². The quantitative estimate of drug-likeness (QED) is 0.666. The Morgan fingerprint density at radius 3 is 2.65 bits per heavy atom. The molecular weight excluding hydrogens is 256 g/mol. The highest BCUT2D eigenvalue weighted by atomic mass is 16.6. The Bertz CT molecular complexity index is 492. The van der Waals surface area contributed by atoms with E-state index in [2.05, 4.69) is 13.8 Å². The van der Waals surface area contributed by atoms with E-state index in [0.29, 0.717) is 5.56 Å². The fraction of sp³-hybridized carbons (Fsp3) is 0.467. The van der Waals surface area contributed by atoms with Crippen molar-refractivity contribution in [3.8, 4) is 0 Å². The van der Waals surface area contributed by atoms with Gasteiger partial charge in [0.1, 0.15) is 25.3 Å². The topological polar surface area (TPSA) is 56.8 Å². The first kappa shape index (κ1) is 14.7. The zero-order valence-corrected chi connectivity index (χ0v) is 11.9. The molecule has 0 radical (unpaired) electrons. The number of nitrogens with one attached hydrogen (secondary N) is 1. The van der Waals surface area contributed by atoms with E-state index in [1.807, 2.05) is 18.2 Å². The predicted octanol–water partition coefficient (Wildman–Crippen LogP) is 1.30. The van der Waals surface area contributed by atoms with Crippen molar-refractivity contribution in [2.75, 3.05) is 19.6 Å². The Kier molecular flexibility index (Phi) is 4.87. The number of benzene rings is 1. The van der Waals surface area contributed by atoms with Crippen LogP contribution in [0.5, 0.6) is 0 Å². The lowest BCUT2D eigenvalue weighted by Crippen LogP contribution is -3.15. The number of para-hydroxylation sites is 1. The molecule has 1 aromatic rings. The van der Waals surface area contributed by atoms with Crippen molar-refractivity contribution in [1.29, 1.82) is 0 Å². The van der Waals surface area contributed by atoms with Crippen molar-refractivity contribution < 1.29 is 14.6 Å². The summed E-state index contributed by atoms with van der Waals surface area (Å²) in [5.41, 5.74) is 0.814. The SMILES string of the molecule is C[C@H]1C[NH+](C/C=C/c2ccccc2[N+](=O)[O-])C[C@H](C)O1. The molecule has 1 heterocycles. The normalized spacial score (nSPS) is 26.8. The summed E-state index contributed by atoms with van der Waals surface area (Å²) in [6, 6.07) is 6.81. The summed E-state index contributed by atoms with van der Waals surface area (Å²) in [6.07, 6.45) is 4.40. The fourth-order valence-corrected chi connectivity index (χ4v) is 2.70. The van der Waals surface area contributed by atoms with Gasteiger partial charge in [0.15, 0.2) is 0 Å². The van der Waals surface area contributed by atoms with Gasteiger partial charge in [-0.3, -0.25) is 10.1 Å². The molecule has 0 unspecified atom stereocenters. The van der Waals surface area contributed by atoms with E-state index in [0.717, 1.165) is 19.6 Å². The number of nitro benzene ring substituents is 1. The van der Waals surface area contributed by atoms with Crippen molar-refractivity contribution >= 4 is 11.8 Å². The van der Waals surface area contributed by atoms with Crippen LogP contribution in [0.2, 0.25) is 0 Å². The smallest absolute Gasteiger partial charge is 0.276 e. The molecule has 0 spiro atoms. The van der Waals surface area contributed by atoms with E-state index in [4.69, 9.17) is 4.74 Å². The van der Waals surface area contributed by atoms with Gasteiger partial charge in [-0.25, -0.2) is 0 Å². The summed E-state index contributed by atoms with van der Waals surface area (Å²) >= 11 is 0. The van der Waals surface area contributed by atoms with Crippen LogP contribution in [-0.2, 0) is 4.74 Å². The molecule has 2 atom stereocenters. The van der Waals surface area contributed by atoms with Gasteiger partial charge in [-0.1, -0.05) is 12.1 Å². The molecule has 1 aliphatic rings. The van der Waals surface area contributed by atoms with Crippen LogP contribution in [-0.4, -0.2) is 36.8 Å². The minimum absolute atomic E-state index is 0.155. The Morgan fingerprint density at radius 2 is 2.00 bits per heavy atom. The van der Waals surface area contributed by atoms with Gasteiger partial charge >= 0.3 is 0 Å². The second kappa shape index (κ2) is 6.63. The number of hydrogen-bond acceptors (Lipinski definition) is 3. The van der Waals surface area contributed by atoms with Crippen molar-refractivity contribution in [2.45, 2.75) is 26.1 Å². The number of hydrogen-bond donors (Lipinski definition) is 1. The van der Waals surface area contributed by atoms with Crippen molar-refractivity contribution in [1.82, 2.24) is 0 Å². The molecule has 0 saturated carbocycles. The predicted molar refractivity (Wildman–Crippen MR) is 77.7 cm³/mol. The van der Waals surface area contributed by atoms with Gasteiger partial charge in [-0.2, -0.15) is 0 Å². The summed E-state index contributed by atoms with van der Waals surface area (Å²) in [6.45, 7) is 6.99. The Balaban J connectivity index is 1.98. The summed E-state index contributed by atoms with van der Waals surface area (Å²) < 4.78 is 5.70. The summed E-state index contributed by atoms with van der Waals surface area (Å²) in [4.78, 5) is 12.0. The van der Waals surface area contributed by atoms with Crippen molar-refractivity contribution in [3.05, 3.63) is 46.0 Å². The number of nitro groups is 1. The number of quaternary nitrogens is 1. The van der Waals surface area contributed by atoms with Crippen molar-refractivity contribution in [3.63, 3.8) is 0 Å². The third-order valence-corrected chi connectivity index (χ3v) is 3.45. The van der Waals surface area contributed by atoms with Gasteiger partial charge in [-0.15, -0.1) is 0 Å². The third-order valence-electron chi connectivity index (χ3n) is 3.45. The first-order valence-corrected chi connectivity index (χ1v) is 6.95. The van der Waals surface area contributed by atoms with E-state index >= 15 is 0 Å². The molecule has 0 aromatic heterocycles. The summed E-state index contributed by atoms with van der Waals surface area (Å²) in [5.74, 6) is 0. The zero-order valence-electron chi connectivity index (χ0n) is 11.9. The molecule has 20 heavy (non-hydrogen) atoms. The van der Waals surface area contributed by atoms with Gasteiger partial charge < -0.3 is 9.64 Å². The standard InChI is InChI=1S/C15H20N2O3/c1-12-10-16(11-13(2)20-12)9-5-7-14-6-3-4-8-15(14)17(18)19/h3-8,12-13H,9-11H2,1-2H3/p+1/b7-5+/t12-,13-/m0/s1. The average molecular weight is 277 g/mol. The summed E-state index contributed by atoms with van der Waals surface area (Å²) in [5, 5.41) is 10.9. The maximum Gasteiger partial charge on any atom is 0.276 e. The molecule has 1 fully saturated rings. The van der Waals surface area contributed by atoms with E-state index < -0.39 is 0 Å². The van der Waals surface area contributed by atoms with Crippen LogP contribution in [0.1, 0.15) is 19.4 Å². The maximum absolute atomic E-state index is 10.9. The van der Waals surface area contributed by atoms with Crippen LogP contribution in [0, 0.1) is 10.1 Å². The number of morpholine rings is 1. The first-order valence-electron chi connectivity index (χ1n) is 6.95. The molecule has 1 aliphatic heterocycles. The molecule has 0 amide bonds. The minimum Gasteiger partial charge on any atom is -0.364 e. The van der Waals surface area contributed by atoms with E-state index in [1.54, 1.807) is 12.1 Å². The molecule has 1 saturated heterocycles. The molecule has 108 valence electrons. The average Bonchev–Trinajstić information content (AvgIpc) is 2.38. The van der Waals surface area contributed by atoms with E-state index in [1.165, 1.54) is 11.0 Å². The van der Waals surface area contributed by atoms with Gasteiger partial charge in [0.2, 0.25) is 0 Å². The highest BCUT2D eigenvalue weighted by molar-refractivity contribution is 5.60. The van der Waals surface area contributed by atoms with Crippen LogP contribution in [0.25, 0.3) is 6.08 Å². The minimum atomic E-state index is -0.342. The second-order valence-corrected chi connectivity index (χ2v) is 5.34. The summed E-state index contributed by atoms with van der Waals surface area (Å²) in [7, 11) is 0. The van der Waals surface area contributed by atoms with Gasteiger partial charge in [0.25, 0.3) is 5.69 Å². The molecule has 1 aromatic carbocycles. The Hall–Kier alpha value is -1.72. The zero-order chi connectivity index (χ0) is 14.5. The number of nitrogens with zero attached hydrogens (tertiary/aromatic N) is 1. The van der Waals surface area contributed by atoms with Gasteiger partial charge in [-0.05, 0) is 32.1 Å². The van der Waals surface area contributed by atoms with E-state index in [9.17, 15) is 10.1 Å². The van der Waals surface area contributed by atoms with Crippen LogP contribution in [0.4, 0.5) is 5.69 Å². The molecule has 2 rings (SSSR count). The first-order chi connectivity index (χ1) is 9.56. The number of ether oxygens (including phenoxy) is 1. The lowest BCUT2D eigenvalue weighted by molar-refractivity contribution is -0.909. The molecular formula is C15H21N2O3+. The lowest BCUT2D eigenvalue weighted by Gasteiger charge is -2.31. The third kappa shape index (κ3) is 3.88. The Morgan fingerprint density at radius 1 is 1.35 bits per heavy atom. The highest BCUT2D eigenvalue weighted by Gasteiger charge is 2.24. The lowest BCUT2D eigenvalue weighted by atomic mass is 10.1. The Labute approximate surface area is 119 Å². The fourth-order valence-electron chi connectivity index (χ4n) is 2.70. The molecule has 1 N–H and O–H groups in total.